The maximum atomic E-state index is 9.57. The minimum Gasteiger partial charge on any atom is -0.508 e. The molecule has 2 N–H and O–H groups in total. The molecule has 2 atom stereocenters. The Labute approximate surface area is 133 Å². The van der Waals surface area contributed by atoms with Crippen LogP contribution in [0.3, 0.4) is 0 Å². The number of aromatic hydroxyl groups is 2. The van der Waals surface area contributed by atoms with Gasteiger partial charge in [-0.05, 0) is 48.2 Å². The van der Waals surface area contributed by atoms with Crippen LogP contribution in [-0.4, -0.2) is 10.2 Å². The Morgan fingerprint density at radius 1 is 0.636 bits per heavy atom. The monoisotopic (exact) mass is 298 g/mol. The molecule has 22 heavy (non-hydrogen) atoms. The Balaban J connectivity index is 2.57. The van der Waals surface area contributed by atoms with Crippen molar-refractivity contribution < 1.29 is 10.2 Å². The van der Waals surface area contributed by atoms with Crippen molar-refractivity contribution in [3.63, 3.8) is 0 Å². The number of phenols is 2. The maximum Gasteiger partial charge on any atom is 0.115 e. The van der Waals surface area contributed by atoms with Crippen LogP contribution in [-0.2, 0) is 10.8 Å². The van der Waals surface area contributed by atoms with E-state index in [1.165, 1.54) is 11.1 Å². The van der Waals surface area contributed by atoms with Gasteiger partial charge in [0.15, 0.2) is 0 Å². The van der Waals surface area contributed by atoms with Crippen LogP contribution in [0, 0.1) is 0 Å². The molecule has 0 saturated carbocycles. The number of phenolic OH excluding ortho intramolecular Hbond substituents is 2. The van der Waals surface area contributed by atoms with Crippen molar-refractivity contribution in [3.8, 4) is 11.5 Å². The first kappa shape index (κ1) is 16.4. The number of benzene rings is 2. The van der Waals surface area contributed by atoms with Gasteiger partial charge < -0.3 is 10.2 Å². The first-order valence-corrected chi connectivity index (χ1v) is 7.96. The normalized spacial score (nSPS) is 16.7. The van der Waals surface area contributed by atoms with Crippen LogP contribution in [0.1, 0.15) is 51.7 Å². The van der Waals surface area contributed by atoms with Crippen LogP contribution >= 0.6 is 0 Å². The van der Waals surface area contributed by atoms with Crippen molar-refractivity contribution in [3.05, 3.63) is 59.7 Å². The molecule has 0 amide bonds. The highest BCUT2D eigenvalue weighted by Crippen LogP contribution is 2.49. The van der Waals surface area contributed by atoms with Gasteiger partial charge in [-0.15, -0.1) is 0 Å². The van der Waals surface area contributed by atoms with E-state index in [2.05, 4.69) is 27.7 Å². The van der Waals surface area contributed by atoms with Crippen molar-refractivity contribution in [2.45, 2.75) is 51.4 Å². The Morgan fingerprint density at radius 3 is 1.14 bits per heavy atom. The maximum absolute atomic E-state index is 9.57. The summed E-state index contributed by atoms with van der Waals surface area (Å²) in [6.45, 7) is 8.99. The van der Waals surface area contributed by atoms with E-state index in [-0.39, 0.29) is 10.8 Å². The van der Waals surface area contributed by atoms with Crippen LogP contribution in [0.15, 0.2) is 48.5 Å². The van der Waals surface area contributed by atoms with Gasteiger partial charge in [-0.25, -0.2) is 0 Å². The molecule has 0 aromatic heterocycles. The van der Waals surface area contributed by atoms with E-state index in [0.717, 1.165) is 12.8 Å². The minimum absolute atomic E-state index is 0.0631. The lowest BCUT2D eigenvalue weighted by Crippen LogP contribution is -2.44. The quantitative estimate of drug-likeness (QED) is 0.803. The van der Waals surface area contributed by atoms with E-state index in [0.29, 0.717) is 11.5 Å². The van der Waals surface area contributed by atoms with E-state index in [9.17, 15) is 10.2 Å². The van der Waals surface area contributed by atoms with Gasteiger partial charge in [0.05, 0.1) is 0 Å². The second kappa shape index (κ2) is 6.04. The van der Waals surface area contributed by atoms with Gasteiger partial charge >= 0.3 is 0 Å². The minimum atomic E-state index is -0.0631. The second-order valence-electron chi connectivity index (χ2n) is 6.47. The lowest BCUT2D eigenvalue weighted by molar-refractivity contribution is 0.234. The molecule has 0 aliphatic heterocycles. The van der Waals surface area contributed by atoms with Gasteiger partial charge in [-0.1, -0.05) is 52.0 Å². The van der Waals surface area contributed by atoms with E-state index in [1.54, 1.807) is 24.3 Å². The van der Waals surface area contributed by atoms with E-state index in [1.807, 2.05) is 24.3 Å². The van der Waals surface area contributed by atoms with Gasteiger partial charge in [0.1, 0.15) is 11.5 Å². The standard InChI is InChI=1S/C20H26O2/c1-5-19(3,15-7-11-17(21)12-8-15)20(4,6-2)16-9-13-18(22)14-10-16/h7-14,21-22H,5-6H2,1-4H3/t19-,20-/m1/s1. The average Bonchev–Trinajstić information content (AvgIpc) is 2.54. The largest absolute Gasteiger partial charge is 0.508 e. The summed E-state index contributed by atoms with van der Waals surface area (Å²) >= 11 is 0. The van der Waals surface area contributed by atoms with Crippen molar-refractivity contribution in [2.75, 3.05) is 0 Å². The Hall–Kier alpha value is -1.96. The van der Waals surface area contributed by atoms with Crippen molar-refractivity contribution in [2.24, 2.45) is 0 Å². The Bertz CT molecular complexity index is 558. The zero-order chi connectivity index (χ0) is 16.4. The summed E-state index contributed by atoms with van der Waals surface area (Å²) in [4.78, 5) is 0. The first-order valence-electron chi connectivity index (χ1n) is 7.96. The summed E-state index contributed by atoms with van der Waals surface area (Å²) in [6.07, 6.45) is 1.98. The fraction of sp³-hybridized carbons (Fsp3) is 0.400. The lowest BCUT2D eigenvalue weighted by Gasteiger charge is -2.47. The van der Waals surface area contributed by atoms with Crippen molar-refractivity contribution in [1.29, 1.82) is 0 Å². The highest BCUT2D eigenvalue weighted by molar-refractivity contribution is 5.41. The molecule has 0 bridgehead atoms. The predicted molar refractivity (Wildman–Crippen MR) is 91.5 cm³/mol. The molecule has 2 aromatic rings. The molecule has 0 unspecified atom stereocenters. The highest BCUT2D eigenvalue weighted by atomic mass is 16.3. The molecule has 0 saturated heterocycles. The highest BCUT2D eigenvalue weighted by Gasteiger charge is 2.44. The molecule has 0 fully saturated rings. The van der Waals surface area contributed by atoms with E-state index in [4.69, 9.17) is 0 Å². The molecule has 0 aliphatic rings. The van der Waals surface area contributed by atoms with Gasteiger partial charge in [0.25, 0.3) is 0 Å². The summed E-state index contributed by atoms with van der Waals surface area (Å²) in [5, 5.41) is 19.1. The number of hydrogen-bond donors (Lipinski definition) is 2. The van der Waals surface area contributed by atoms with Crippen LogP contribution in [0.4, 0.5) is 0 Å². The third-order valence-electron chi connectivity index (χ3n) is 5.64. The molecular weight excluding hydrogens is 272 g/mol. The first-order chi connectivity index (χ1) is 10.4. The summed E-state index contributed by atoms with van der Waals surface area (Å²) in [5.41, 5.74) is 2.33. The zero-order valence-electron chi connectivity index (χ0n) is 13.9. The van der Waals surface area contributed by atoms with Gasteiger partial charge in [0, 0.05) is 10.8 Å². The average molecular weight is 298 g/mol. The number of rotatable bonds is 5. The predicted octanol–water partition coefficient (Wildman–Crippen LogP) is 5.13. The summed E-state index contributed by atoms with van der Waals surface area (Å²) in [7, 11) is 0. The summed E-state index contributed by atoms with van der Waals surface area (Å²) in [6, 6.07) is 15.1. The molecular formula is C20H26O2. The van der Waals surface area contributed by atoms with E-state index < -0.39 is 0 Å². The van der Waals surface area contributed by atoms with Crippen molar-refractivity contribution >= 4 is 0 Å². The lowest BCUT2D eigenvalue weighted by atomic mass is 9.56. The molecule has 0 radical (unpaired) electrons. The fourth-order valence-corrected chi connectivity index (χ4v) is 3.48. The molecule has 0 aliphatic carbocycles. The second-order valence-corrected chi connectivity index (χ2v) is 6.47. The number of hydrogen-bond acceptors (Lipinski definition) is 2. The SMILES string of the molecule is CC[C@](C)(c1ccc(O)cc1)[C@](C)(CC)c1ccc(O)cc1. The molecule has 118 valence electrons. The molecule has 0 spiro atoms. The van der Waals surface area contributed by atoms with Crippen LogP contribution in [0.5, 0.6) is 11.5 Å². The molecule has 2 nitrogen and oxygen atoms in total. The zero-order valence-corrected chi connectivity index (χ0v) is 13.9. The topological polar surface area (TPSA) is 40.5 Å². The molecule has 0 heterocycles. The van der Waals surface area contributed by atoms with Crippen molar-refractivity contribution in [1.82, 2.24) is 0 Å². The van der Waals surface area contributed by atoms with Crippen LogP contribution < -0.4 is 0 Å². The summed E-state index contributed by atoms with van der Waals surface area (Å²) in [5.74, 6) is 0.593. The summed E-state index contributed by atoms with van der Waals surface area (Å²) < 4.78 is 0. The van der Waals surface area contributed by atoms with Gasteiger partial charge in [-0.2, -0.15) is 0 Å². The third kappa shape index (κ3) is 2.58. The molecule has 2 aromatic carbocycles. The van der Waals surface area contributed by atoms with Crippen LogP contribution in [0.2, 0.25) is 0 Å². The van der Waals surface area contributed by atoms with E-state index >= 15 is 0 Å². The van der Waals surface area contributed by atoms with Gasteiger partial charge in [-0.3, -0.25) is 0 Å². The third-order valence-corrected chi connectivity index (χ3v) is 5.64. The van der Waals surface area contributed by atoms with Crippen LogP contribution in [0.25, 0.3) is 0 Å². The molecule has 2 rings (SSSR count). The Kier molecular flexibility index (Phi) is 4.50. The fourth-order valence-electron chi connectivity index (χ4n) is 3.48. The molecule has 2 heteroatoms. The van der Waals surface area contributed by atoms with Gasteiger partial charge in [0.2, 0.25) is 0 Å². The smallest absolute Gasteiger partial charge is 0.115 e. The Morgan fingerprint density at radius 2 is 0.909 bits per heavy atom.